The zero-order valence-electron chi connectivity index (χ0n) is 14.2. The molecule has 8 heteroatoms. The van der Waals surface area contributed by atoms with Crippen molar-refractivity contribution in [2.45, 2.75) is 11.3 Å². The minimum absolute atomic E-state index is 0.0661. The summed E-state index contributed by atoms with van der Waals surface area (Å²) < 4.78 is 29.6. The van der Waals surface area contributed by atoms with Gasteiger partial charge in [-0.2, -0.15) is 0 Å². The van der Waals surface area contributed by atoms with Gasteiger partial charge in [-0.05, 0) is 24.3 Å². The largest absolute Gasteiger partial charge is 0.459 e. The van der Waals surface area contributed by atoms with Crippen molar-refractivity contribution in [3.63, 3.8) is 0 Å². The van der Waals surface area contributed by atoms with Gasteiger partial charge in [-0.25, -0.2) is 8.42 Å². The minimum Gasteiger partial charge on any atom is -0.459 e. The van der Waals surface area contributed by atoms with E-state index in [2.05, 4.69) is 0 Å². The van der Waals surface area contributed by atoms with Crippen LogP contribution in [0.25, 0.3) is 0 Å². The molecule has 1 aromatic heterocycles. The van der Waals surface area contributed by atoms with Crippen LogP contribution in [0, 0.1) is 0 Å². The topological polar surface area (TPSA) is 87.9 Å². The third kappa shape index (κ3) is 4.13. The van der Waals surface area contributed by atoms with Crippen LogP contribution in [-0.4, -0.2) is 62.0 Å². The molecule has 0 spiro atoms. The van der Waals surface area contributed by atoms with Gasteiger partial charge in [0.05, 0.1) is 16.9 Å². The van der Waals surface area contributed by atoms with E-state index in [-0.39, 0.29) is 34.6 Å². The zero-order valence-corrected chi connectivity index (χ0v) is 15.0. The van der Waals surface area contributed by atoms with E-state index in [1.165, 1.54) is 18.4 Å². The normalized spacial score (nSPS) is 15.1. The van der Waals surface area contributed by atoms with E-state index in [9.17, 15) is 18.0 Å². The third-order valence-electron chi connectivity index (χ3n) is 4.34. The number of sulfone groups is 1. The van der Waals surface area contributed by atoms with Crippen molar-refractivity contribution in [2.75, 3.05) is 31.9 Å². The molecule has 0 radical (unpaired) electrons. The van der Waals surface area contributed by atoms with Gasteiger partial charge in [0.25, 0.3) is 5.91 Å². The second-order valence-corrected chi connectivity index (χ2v) is 8.14. The highest BCUT2D eigenvalue weighted by atomic mass is 32.2. The number of nitrogens with zero attached hydrogens (tertiary/aromatic N) is 2. The summed E-state index contributed by atoms with van der Waals surface area (Å²) in [7, 11) is -3.47. The van der Waals surface area contributed by atoms with Crippen molar-refractivity contribution >= 4 is 21.7 Å². The van der Waals surface area contributed by atoms with Crippen molar-refractivity contribution in [3.8, 4) is 0 Å². The van der Waals surface area contributed by atoms with Gasteiger partial charge < -0.3 is 14.2 Å². The maximum atomic E-state index is 12.3. The van der Waals surface area contributed by atoms with Crippen molar-refractivity contribution < 1.29 is 22.4 Å². The molecular formula is C18H20N2O5S. The molecule has 1 aliphatic heterocycles. The lowest BCUT2D eigenvalue weighted by Crippen LogP contribution is -2.50. The molecule has 7 nitrogen and oxygen atoms in total. The number of hydrogen-bond acceptors (Lipinski definition) is 5. The number of carbonyl (C=O) groups excluding carboxylic acids is 2. The van der Waals surface area contributed by atoms with Gasteiger partial charge in [0, 0.05) is 32.6 Å². The highest BCUT2D eigenvalue weighted by Gasteiger charge is 2.27. The van der Waals surface area contributed by atoms with Crippen molar-refractivity contribution in [2.24, 2.45) is 0 Å². The van der Waals surface area contributed by atoms with Crippen LogP contribution in [0.5, 0.6) is 0 Å². The first kappa shape index (κ1) is 18.2. The van der Waals surface area contributed by atoms with E-state index in [0.29, 0.717) is 26.2 Å². The fraction of sp³-hybridized carbons (Fsp3) is 0.333. The summed E-state index contributed by atoms with van der Waals surface area (Å²) in [6.45, 7) is 1.57. The smallest absolute Gasteiger partial charge is 0.289 e. The van der Waals surface area contributed by atoms with Gasteiger partial charge >= 0.3 is 0 Å². The van der Waals surface area contributed by atoms with Crippen LogP contribution >= 0.6 is 0 Å². The Morgan fingerprint density at radius 2 is 1.58 bits per heavy atom. The van der Waals surface area contributed by atoms with E-state index in [4.69, 9.17) is 4.42 Å². The Hall–Kier alpha value is -2.61. The van der Waals surface area contributed by atoms with E-state index in [1.54, 1.807) is 40.1 Å². The van der Waals surface area contributed by atoms with Gasteiger partial charge in [0.1, 0.15) is 0 Å². The lowest BCUT2D eigenvalue weighted by atomic mass is 10.2. The molecule has 138 valence electrons. The summed E-state index contributed by atoms with van der Waals surface area (Å²) in [4.78, 5) is 28.0. The second kappa shape index (κ2) is 7.74. The zero-order chi connectivity index (χ0) is 18.6. The fourth-order valence-electron chi connectivity index (χ4n) is 2.84. The summed E-state index contributed by atoms with van der Waals surface area (Å²) in [5.74, 6) is -0.358. The Kier molecular flexibility index (Phi) is 5.41. The monoisotopic (exact) mass is 376 g/mol. The van der Waals surface area contributed by atoms with Crippen molar-refractivity contribution in [1.29, 1.82) is 0 Å². The van der Waals surface area contributed by atoms with Crippen molar-refractivity contribution in [1.82, 2.24) is 9.80 Å². The van der Waals surface area contributed by atoms with E-state index < -0.39 is 9.84 Å². The van der Waals surface area contributed by atoms with Crippen molar-refractivity contribution in [3.05, 3.63) is 54.5 Å². The van der Waals surface area contributed by atoms with Crippen LogP contribution < -0.4 is 0 Å². The highest BCUT2D eigenvalue weighted by molar-refractivity contribution is 7.91. The molecule has 2 heterocycles. The molecule has 2 amide bonds. The predicted octanol–water partition coefficient (Wildman–Crippen LogP) is 1.43. The van der Waals surface area contributed by atoms with E-state index in [0.717, 1.165) is 0 Å². The molecule has 0 aliphatic carbocycles. The van der Waals surface area contributed by atoms with Crippen LogP contribution in [0.1, 0.15) is 17.0 Å². The number of carbonyl (C=O) groups is 2. The van der Waals surface area contributed by atoms with Crippen LogP contribution in [0.15, 0.2) is 58.0 Å². The average Bonchev–Trinajstić information content (AvgIpc) is 3.21. The lowest BCUT2D eigenvalue weighted by molar-refractivity contribution is -0.132. The minimum atomic E-state index is -3.47. The third-order valence-corrected chi connectivity index (χ3v) is 6.07. The summed E-state index contributed by atoms with van der Waals surface area (Å²) in [5.41, 5.74) is 0. The first-order chi connectivity index (χ1) is 12.5. The van der Waals surface area contributed by atoms with Gasteiger partial charge in [0.2, 0.25) is 5.91 Å². The molecule has 2 aromatic rings. The maximum absolute atomic E-state index is 12.3. The Morgan fingerprint density at radius 1 is 0.923 bits per heavy atom. The molecule has 0 saturated carbocycles. The first-order valence-electron chi connectivity index (χ1n) is 8.36. The quantitative estimate of drug-likeness (QED) is 0.788. The summed E-state index contributed by atoms with van der Waals surface area (Å²) in [6.07, 6.45) is 1.38. The van der Waals surface area contributed by atoms with Gasteiger partial charge in [-0.3, -0.25) is 9.59 Å². The standard InChI is InChI=1S/C18H20N2O5S/c21-17(8-14-26(23,24)15-5-2-1-3-6-15)19-9-11-20(12-10-19)18(22)16-7-4-13-25-16/h1-7,13H,8-12,14H2. The Balaban J connectivity index is 1.50. The number of rotatable bonds is 5. The maximum Gasteiger partial charge on any atom is 0.289 e. The van der Waals surface area contributed by atoms with E-state index in [1.807, 2.05) is 0 Å². The molecule has 0 bridgehead atoms. The Morgan fingerprint density at radius 3 is 2.19 bits per heavy atom. The molecule has 0 N–H and O–H groups in total. The molecular weight excluding hydrogens is 356 g/mol. The van der Waals surface area contributed by atoms with Crippen LogP contribution in [0.3, 0.4) is 0 Å². The molecule has 1 saturated heterocycles. The summed E-state index contributed by atoms with van der Waals surface area (Å²) in [5, 5.41) is 0. The van der Waals surface area contributed by atoms with Crippen LogP contribution in [-0.2, 0) is 14.6 Å². The Bertz CT molecular complexity index is 854. The molecule has 1 aliphatic rings. The predicted molar refractivity (Wildman–Crippen MR) is 94.3 cm³/mol. The number of furan rings is 1. The van der Waals surface area contributed by atoms with Crippen LogP contribution in [0.2, 0.25) is 0 Å². The SMILES string of the molecule is O=C(CCS(=O)(=O)c1ccccc1)N1CCN(C(=O)c2ccco2)CC1. The molecule has 26 heavy (non-hydrogen) atoms. The molecule has 1 fully saturated rings. The van der Waals surface area contributed by atoms with Gasteiger partial charge in [-0.1, -0.05) is 18.2 Å². The first-order valence-corrected chi connectivity index (χ1v) is 10.0. The number of hydrogen-bond donors (Lipinski definition) is 0. The lowest BCUT2D eigenvalue weighted by Gasteiger charge is -2.34. The Labute approximate surface area is 152 Å². The average molecular weight is 376 g/mol. The summed E-state index contributed by atoms with van der Waals surface area (Å²) in [6, 6.07) is 11.4. The van der Waals surface area contributed by atoms with Crippen LogP contribution in [0.4, 0.5) is 0 Å². The molecule has 0 unspecified atom stereocenters. The fourth-order valence-corrected chi connectivity index (χ4v) is 4.09. The van der Waals surface area contributed by atoms with Gasteiger partial charge in [0.15, 0.2) is 15.6 Å². The number of benzene rings is 1. The number of amides is 2. The van der Waals surface area contributed by atoms with Gasteiger partial charge in [-0.15, -0.1) is 0 Å². The second-order valence-electron chi connectivity index (χ2n) is 6.03. The molecule has 3 rings (SSSR count). The summed E-state index contributed by atoms with van der Waals surface area (Å²) >= 11 is 0. The number of piperazine rings is 1. The molecule has 0 atom stereocenters. The highest BCUT2D eigenvalue weighted by Crippen LogP contribution is 2.13. The van der Waals surface area contributed by atoms with E-state index >= 15 is 0 Å². The molecule has 1 aromatic carbocycles.